The van der Waals surface area contributed by atoms with Gasteiger partial charge in [-0.25, -0.2) is 0 Å². The number of alkyl halides is 1. The number of fused-ring (bicyclic) bond motifs is 4. The van der Waals surface area contributed by atoms with E-state index >= 15 is 0 Å². The van der Waals surface area contributed by atoms with Crippen molar-refractivity contribution in [3.8, 4) is 5.75 Å². The summed E-state index contributed by atoms with van der Waals surface area (Å²) >= 11 is 6.39. The number of rotatable bonds is 5. The van der Waals surface area contributed by atoms with Crippen molar-refractivity contribution < 1.29 is 34.7 Å². The lowest BCUT2D eigenvalue weighted by Crippen LogP contribution is -2.60. The molecule has 4 aromatic rings. The number of nitrogen functional groups attached to an aromatic ring is 1. The molecule has 204 valence electrons. The Morgan fingerprint density at radius 2 is 1.85 bits per heavy atom. The molecule has 0 radical (unpaired) electrons. The number of aromatic amines is 1. The lowest BCUT2D eigenvalue weighted by molar-refractivity contribution is -0.277. The first-order valence-corrected chi connectivity index (χ1v) is 13.1. The molecule has 39 heavy (non-hydrogen) atoms. The predicted molar refractivity (Wildman–Crippen MR) is 146 cm³/mol. The molecule has 6 rings (SSSR count). The van der Waals surface area contributed by atoms with Crippen LogP contribution in [-0.2, 0) is 4.74 Å². The zero-order chi connectivity index (χ0) is 27.4. The highest BCUT2D eigenvalue weighted by atomic mass is 35.5. The first-order valence-electron chi connectivity index (χ1n) is 12.6. The molecular formula is C28H28ClN3O7. The minimum absolute atomic E-state index is 0.142. The SMILES string of the molecule is Nc1ccc2[nH]c(C(=O)N3CC(CCl)c4c3cc(OC3OC(CO)C(O)C(O)C3O)c3ccccc43)cc2c1. The van der Waals surface area contributed by atoms with E-state index in [1.807, 2.05) is 30.3 Å². The fraction of sp³-hybridized carbons (Fsp3) is 0.321. The van der Waals surface area contributed by atoms with E-state index in [1.54, 1.807) is 29.2 Å². The number of ether oxygens (including phenoxy) is 2. The van der Waals surface area contributed by atoms with Crippen molar-refractivity contribution in [1.82, 2.24) is 4.98 Å². The number of anilines is 2. The second kappa shape index (κ2) is 9.98. The summed E-state index contributed by atoms with van der Waals surface area (Å²) in [7, 11) is 0. The number of carbonyl (C=O) groups excluding carboxylic acids is 1. The van der Waals surface area contributed by atoms with Gasteiger partial charge in [-0.1, -0.05) is 24.3 Å². The van der Waals surface area contributed by atoms with Gasteiger partial charge < -0.3 is 45.5 Å². The van der Waals surface area contributed by atoms with Crippen molar-refractivity contribution in [2.45, 2.75) is 36.6 Å². The van der Waals surface area contributed by atoms with Gasteiger partial charge in [-0.3, -0.25) is 4.79 Å². The maximum absolute atomic E-state index is 13.8. The highest BCUT2D eigenvalue weighted by Gasteiger charge is 2.45. The van der Waals surface area contributed by atoms with Gasteiger partial charge in [-0.2, -0.15) is 0 Å². The lowest BCUT2D eigenvalue weighted by Gasteiger charge is -2.39. The first-order chi connectivity index (χ1) is 18.8. The van der Waals surface area contributed by atoms with E-state index in [0.717, 1.165) is 21.9 Å². The van der Waals surface area contributed by atoms with E-state index in [4.69, 9.17) is 26.8 Å². The number of halogens is 1. The Morgan fingerprint density at radius 1 is 1.08 bits per heavy atom. The number of aromatic nitrogens is 1. The largest absolute Gasteiger partial charge is 0.461 e. The number of nitrogens with one attached hydrogen (secondary N) is 1. The summed E-state index contributed by atoms with van der Waals surface area (Å²) in [6, 6.07) is 16.3. The summed E-state index contributed by atoms with van der Waals surface area (Å²) < 4.78 is 11.7. The topological polar surface area (TPSA) is 162 Å². The van der Waals surface area contributed by atoms with Crippen LogP contribution in [0, 0.1) is 0 Å². The van der Waals surface area contributed by atoms with Crippen molar-refractivity contribution in [3.05, 3.63) is 65.9 Å². The average molecular weight is 554 g/mol. The molecule has 0 saturated carbocycles. The Hall–Kier alpha value is -3.38. The summed E-state index contributed by atoms with van der Waals surface area (Å²) in [6.45, 7) is -0.228. The van der Waals surface area contributed by atoms with Crippen LogP contribution >= 0.6 is 11.6 Å². The maximum atomic E-state index is 13.8. The molecule has 2 aliphatic heterocycles. The van der Waals surface area contributed by atoms with Crippen LogP contribution in [0.15, 0.2) is 54.6 Å². The molecule has 1 amide bonds. The molecule has 6 atom stereocenters. The number of hydrogen-bond acceptors (Lipinski definition) is 8. The minimum atomic E-state index is -1.59. The van der Waals surface area contributed by atoms with Crippen LogP contribution < -0.4 is 15.4 Å². The molecule has 1 saturated heterocycles. The molecule has 1 fully saturated rings. The monoisotopic (exact) mass is 553 g/mol. The zero-order valence-electron chi connectivity index (χ0n) is 20.7. The van der Waals surface area contributed by atoms with E-state index in [-0.39, 0.29) is 17.7 Å². The van der Waals surface area contributed by atoms with Crippen molar-refractivity contribution in [2.75, 3.05) is 29.7 Å². The van der Waals surface area contributed by atoms with E-state index < -0.39 is 37.3 Å². The van der Waals surface area contributed by atoms with Crippen LogP contribution in [0.5, 0.6) is 5.75 Å². The summed E-state index contributed by atoms with van der Waals surface area (Å²) in [4.78, 5) is 18.6. The first kappa shape index (κ1) is 25.9. The summed E-state index contributed by atoms with van der Waals surface area (Å²) in [5.74, 6) is 0.187. The summed E-state index contributed by atoms with van der Waals surface area (Å²) in [6.07, 6.45) is -7.18. The fourth-order valence-electron chi connectivity index (χ4n) is 5.53. The van der Waals surface area contributed by atoms with Crippen molar-refractivity contribution >= 4 is 50.6 Å². The number of amides is 1. The summed E-state index contributed by atoms with van der Waals surface area (Å²) in [5.41, 5.74) is 9.18. The van der Waals surface area contributed by atoms with Gasteiger partial charge in [0.05, 0.1) is 12.3 Å². The molecule has 0 spiro atoms. The van der Waals surface area contributed by atoms with Crippen LogP contribution in [-0.4, -0.2) is 81.1 Å². The van der Waals surface area contributed by atoms with E-state index in [9.17, 15) is 25.2 Å². The average Bonchev–Trinajstić information content (AvgIpc) is 3.54. The smallest absolute Gasteiger partial charge is 0.274 e. The standard InChI is InChI=1S/C28H28ClN3O7/c29-10-14-11-32(27(37)19-8-13-7-15(30)5-6-18(13)31-19)20-9-21(16-3-1-2-4-17(16)23(14)20)38-28-26(36)25(35)24(34)22(12-33)39-28/h1-9,14,22,24-26,28,31,33-36H,10-12,30H2. The van der Waals surface area contributed by atoms with Gasteiger partial charge in [0.25, 0.3) is 5.91 Å². The minimum Gasteiger partial charge on any atom is -0.461 e. The maximum Gasteiger partial charge on any atom is 0.274 e. The van der Waals surface area contributed by atoms with Gasteiger partial charge in [0.15, 0.2) is 0 Å². The number of aliphatic hydroxyl groups is 4. The van der Waals surface area contributed by atoms with Gasteiger partial charge >= 0.3 is 0 Å². The van der Waals surface area contributed by atoms with Gasteiger partial charge in [0, 0.05) is 46.4 Å². The van der Waals surface area contributed by atoms with E-state index in [1.165, 1.54) is 0 Å². The number of H-pyrrole nitrogens is 1. The number of aliphatic hydroxyl groups excluding tert-OH is 4. The number of carbonyl (C=O) groups is 1. The molecule has 11 heteroatoms. The van der Waals surface area contributed by atoms with Crippen LogP contribution in [0.25, 0.3) is 21.7 Å². The van der Waals surface area contributed by atoms with Gasteiger partial charge in [0.2, 0.25) is 6.29 Å². The Bertz CT molecular complexity index is 1560. The Labute approximate surface area is 228 Å². The third-order valence-corrected chi connectivity index (χ3v) is 7.90. The van der Waals surface area contributed by atoms with Crippen LogP contribution in [0.1, 0.15) is 22.0 Å². The molecule has 1 aromatic heterocycles. The molecule has 3 aromatic carbocycles. The number of nitrogens with zero attached hydrogens (tertiary/aromatic N) is 1. The molecule has 0 aliphatic carbocycles. The molecule has 2 aliphatic rings. The Morgan fingerprint density at radius 3 is 2.59 bits per heavy atom. The van der Waals surface area contributed by atoms with Crippen LogP contribution in [0.3, 0.4) is 0 Å². The predicted octanol–water partition coefficient (Wildman–Crippen LogP) is 2.06. The van der Waals surface area contributed by atoms with Crippen molar-refractivity contribution in [2.24, 2.45) is 0 Å². The molecule has 10 nitrogen and oxygen atoms in total. The third-order valence-electron chi connectivity index (χ3n) is 7.53. The quantitative estimate of drug-likeness (QED) is 0.162. The van der Waals surface area contributed by atoms with Crippen LogP contribution in [0.2, 0.25) is 0 Å². The number of nitrogens with two attached hydrogens (primary N) is 1. The summed E-state index contributed by atoms with van der Waals surface area (Å²) in [5, 5.41) is 42.9. The third kappa shape index (κ3) is 4.29. The molecule has 0 bridgehead atoms. The van der Waals surface area contributed by atoms with Crippen molar-refractivity contribution in [1.29, 1.82) is 0 Å². The van der Waals surface area contributed by atoms with E-state index in [0.29, 0.717) is 34.7 Å². The molecule has 7 N–H and O–H groups in total. The highest BCUT2D eigenvalue weighted by molar-refractivity contribution is 6.19. The molecule has 6 unspecified atom stereocenters. The van der Waals surface area contributed by atoms with Gasteiger partial charge in [-0.05, 0) is 35.2 Å². The molecular weight excluding hydrogens is 526 g/mol. The second-order valence-electron chi connectivity index (χ2n) is 9.96. The lowest BCUT2D eigenvalue weighted by atomic mass is 9.95. The fourth-order valence-corrected chi connectivity index (χ4v) is 5.78. The van der Waals surface area contributed by atoms with Gasteiger partial charge in [0.1, 0.15) is 35.9 Å². The second-order valence-corrected chi connectivity index (χ2v) is 10.3. The number of benzene rings is 3. The zero-order valence-corrected chi connectivity index (χ0v) is 21.5. The van der Waals surface area contributed by atoms with Crippen LogP contribution in [0.4, 0.5) is 11.4 Å². The van der Waals surface area contributed by atoms with Crippen molar-refractivity contribution in [3.63, 3.8) is 0 Å². The molecule has 3 heterocycles. The highest BCUT2D eigenvalue weighted by Crippen LogP contribution is 2.46. The van der Waals surface area contributed by atoms with E-state index in [2.05, 4.69) is 4.98 Å². The normalized spacial score (nSPS) is 26.7. The Kier molecular flexibility index (Phi) is 6.62. The van der Waals surface area contributed by atoms with Gasteiger partial charge in [-0.15, -0.1) is 11.6 Å². The number of hydrogen-bond donors (Lipinski definition) is 6. The Balaban J connectivity index is 1.43.